The number of ether oxygens (including phenoxy) is 3. The molecule has 1 aromatic carbocycles. The molecule has 19 heavy (non-hydrogen) atoms. The van der Waals surface area contributed by atoms with Gasteiger partial charge in [0.1, 0.15) is 0 Å². The second kappa shape index (κ2) is 5.79. The molecule has 0 saturated carbocycles. The summed E-state index contributed by atoms with van der Waals surface area (Å²) in [6.07, 6.45) is 0.782. The summed E-state index contributed by atoms with van der Waals surface area (Å²) in [6.45, 7) is 2.60. The van der Waals surface area contributed by atoms with Gasteiger partial charge in [0, 0.05) is 18.9 Å². The molecule has 1 atom stereocenters. The van der Waals surface area contributed by atoms with Gasteiger partial charge in [-0.1, -0.05) is 6.92 Å². The number of nitrogens with two attached hydrogens (primary N) is 1. The van der Waals surface area contributed by atoms with Crippen molar-refractivity contribution >= 4 is 11.6 Å². The molecule has 0 fully saturated rings. The van der Waals surface area contributed by atoms with E-state index in [9.17, 15) is 4.79 Å². The van der Waals surface area contributed by atoms with Gasteiger partial charge in [0.25, 0.3) is 5.91 Å². The number of fused-ring (bicyclic) bond motifs is 1. The van der Waals surface area contributed by atoms with Crippen LogP contribution in [0.3, 0.4) is 0 Å². The first-order chi connectivity index (χ1) is 9.15. The van der Waals surface area contributed by atoms with Gasteiger partial charge in [0.15, 0.2) is 11.5 Å². The molecular formula is C13H18N2O4. The number of benzene rings is 1. The van der Waals surface area contributed by atoms with Gasteiger partial charge < -0.3 is 25.3 Å². The Labute approximate surface area is 111 Å². The van der Waals surface area contributed by atoms with Crippen LogP contribution in [0.2, 0.25) is 0 Å². The minimum Gasteiger partial charge on any atom is -0.454 e. The third-order valence-corrected chi connectivity index (χ3v) is 2.99. The van der Waals surface area contributed by atoms with E-state index < -0.39 is 0 Å². The highest BCUT2D eigenvalue weighted by Crippen LogP contribution is 2.35. The maximum Gasteiger partial charge on any atom is 0.253 e. The lowest BCUT2D eigenvalue weighted by atomic mass is 10.1. The lowest BCUT2D eigenvalue weighted by Gasteiger charge is -2.16. The summed E-state index contributed by atoms with van der Waals surface area (Å²) in [7, 11) is 1.60. The smallest absolute Gasteiger partial charge is 0.253 e. The summed E-state index contributed by atoms with van der Waals surface area (Å²) in [5.41, 5.74) is 6.62. The van der Waals surface area contributed by atoms with Crippen molar-refractivity contribution in [3.8, 4) is 11.5 Å². The van der Waals surface area contributed by atoms with E-state index in [2.05, 4.69) is 5.32 Å². The summed E-state index contributed by atoms with van der Waals surface area (Å²) in [4.78, 5) is 12.2. The molecule has 1 unspecified atom stereocenters. The average molecular weight is 266 g/mol. The largest absolute Gasteiger partial charge is 0.454 e. The van der Waals surface area contributed by atoms with Crippen molar-refractivity contribution in [1.29, 1.82) is 0 Å². The van der Waals surface area contributed by atoms with Crippen LogP contribution in [0.25, 0.3) is 0 Å². The van der Waals surface area contributed by atoms with Crippen LogP contribution in [0, 0.1) is 0 Å². The number of methoxy groups -OCH3 is 1. The van der Waals surface area contributed by atoms with E-state index >= 15 is 0 Å². The molecule has 3 N–H and O–H groups in total. The normalized spacial score (nSPS) is 14.2. The van der Waals surface area contributed by atoms with Crippen molar-refractivity contribution in [2.24, 2.45) is 0 Å². The number of amides is 1. The fourth-order valence-corrected chi connectivity index (χ4v) is 1.88. The Kier molecular flexibility index (Phi) is 4.11. The molecule has 0 radical (unpaired) electrons. The lowest BCUT2D eigenvalue weighted by molar-refractivity contribution is 0.0895. The summed E-state index contributed by atoms with van der Waals surface area (Å²) < 4.78 is 15.5. The van der Waals surface area contributed by atoms with E-state index in [1.54, 1.807) is 19.2 Å². The molecule has 1 aliphatic rings. The van der Waals surface area contributed by atoms with Crippen molar-refractivity contribution in [3.05, 3.63) is 17.7 Å². The van der Waals surface area contributed by atoms with Crippen LogP contribution in [-0.2, 0) is 4.74 Å². The number of hydrogen-bond donors (Lipinski definition) is 2. The van der Waals surface area contributed by atoms with E-state index in [0.29, 0.717) is 29.4 Å². The zero-order valence-electron chi connectivity index (χ0n) is 11.1. The average Bonchev–Trinajstić information content (AvgIpc) is 2.84. The van der Waals surface area contributed by atoms with Gasteiger partial charge in [-0.2, -0.15) is 0 Å². The van der Waals surface area contributed by atoms with Gasteiger partial charge in [-0.25, -0.2) is 0 Å². The summed E-state index contributed by atoms with van der Waals surface area (Å²) >= 11 is 0. The Hall–Kier alpha value is -1.95. The molecule has 0 saturated heterocycles. The van der Waals surface area contributed by atoms with E-state index in [0.717, 1.165) is 6.42 Å². The Morgan fingerprint density at radius 2 is 2.16 bits per heavy atom. The minimum atomic E-state index is -0.236. The molecule has 0 bridgehead atoms. The first-order valence-electron chi connectivity index (χ1n) is 6.14. The van der Waals surface area contributed by atoms with E-state index in [-0.39, 0.29) is 18.7 Å². The minimum absolute atomic E-state index is 0.0395. The molecule has 2 rings (SSSR count). The standard InChI is InChI=1S/C13H18N2O4/c1-3-8(6-17-2)15-13(16)9-4-11-12(5-10(9)14)19-7-18-11/h4-5,8H,3,6-7,14H2,1-2H3,(H,15,16). The summed E-state index contributed by atoms with van der Waals surface area (Å²) in [5.74, 6) is 0.872. The fourth-order valence-electron chi connectivity index (χ4n) is 1.88. The monoisotopic (exact) mass is 266 g/mol. The number of hydrogen-bond acceptors (Lipinski definition) is 5. The number of nitrogens with one attached hydrogen (secondary N) is 1. The molecule has 0 aromatic heterocycles. The number of carbonyl (C=O) groups excluding carboxylic acids is 1. The highest BCUT2D eigenvalue weighted by molar-refractivity contribution is 6.00. The summed E-state index contributed by atoms with van der Waals surface area (Å²) in [5, 5.41) is 2.88. The number of anilines is 1. The predicted molar refractivity (Wildman–Crippen MR) is 70.4 cm³/mol. The highest BCUT2D eigenvalue weighted by atomic mass is 16.7. The SMILES string of the molecule is CCC(COC)NC(=O)c1cc2c(cc1N)OCO2. The predicted octanol–water partition coefficient (Wildman–Crippen LogP) is 1.15. The van der Waals surface area contributed by atoms with Crippen LogP contribution >= 0.6 is 0 Å². The first-order valence-corrected chi connectivity index (χ1v) is 6.14. The van der Waals surface area contributed by atoms with Gasteiger partial charge in [-0.3, -0.25) is 4.79 Å². The van der Waals surface area contributed by atoms with Crippen LogP contribution in [0.15, 0.2) is 12.1 Å². The molecule has 6 heteroatoms. The second-order valence-electron chi connectivity index (χ2n) is 4.33. The topological polar surface area (TPSA) is 82.8 Å². The zero-order valence-corrected chi connectivity index (χ0v) is 11.1. The molecule has 1 amide bonds. The maximum absolute atomic E-state index is 12.2. The van der Waals surface area contributed by atoms with Crippen LogP contribution < -0.4 is 20.5 Å². The van der Waals surface area contributed by atoms with Crippen molar-refractivity contribution in [2.75, 3.05) is 26.2 Å². The van der Waals surface area contributed by atoms with Crippen LogP contribution in [0.1, 0.15) is 23.7 Å². The number of carbonyl (C=O) groups is 1. The number of nitrogen functional groups attached to an aromatic ring is 1. The van der Waals surface area contributed by atoms with Crippen molar-refractivity contribution < 1.29 is 19.0 Å². The highest BCUT2D eigenvalue weighted by Gasteiger charge is 2.21. The van der Waals surface area contributed by atoms with Gasteiger partial charge >= 0.3 is 0 Å². The maximum atomic E-state index is 12.2. The van der Waals surface area contributed by atoms with Crippen molar-refractivity contribution in [3.63, 3.8) is 0 Å². The molecule has 6 nitrogen and oxygen atoms in total. The van der Waals surface area contributed by atoms with E-state index in [4.69, 9.17) is 19.9 Å². The van der Waals surface area contributed by atoms with Crippen LogP contribution in [-0.4, -0.2) is 32.5 Å². The molecule has 0 spiro atoms. The van der Waals surface area contributed by atoms with Gasteiger partial charge in [-0.05, 0) is 12.5 Å². The van der Waals surface area contributed by atoms with Crippen LogP contribution in [0.4, 0.5) is 5.69 Å². The van der Waals surface area contributed by atoms with Crippen LogP contribution in [0.5, 0.6) is 11.5 Å². The molecule has 1 aromatic rings. The Morgan fingerprint density at radius 3 is 2.79 bits per heavy atom. The third-order valence-electron chi connectivity index (χ3n) is 2.99. The van der Waals surface area contributed by atoms with Gasteiger partial charge in [0.05, 0.1) is 18.2 Å². The quantitative estimate of drug-likeness (QED) is 0.781. The Balaban J connectivity index is 2.15. The number of rotatable bonds is 5. The zero-order chi connectivity index (χ0) is 13.8. The fraction of sp³-hybridized carbons (Fsp3) is 0.462. The first kappa shape index (κ1) is 13.5. The van der Waals surface area contributed by atoms with Gasteiger partial charge in [0.2, 0.25) is 6.79 Å². The summed E-state index contributed by atoms with van der Waals surface area (Å²) in [6, 6.07) is 3.17. The third kappa shape index (κ3) is 2.90. The van der Waals surface area contributed by atoms with E-state index in [1.807, 2.05) is 6.92 Å². The molecule has 0 aliphatic carbocycles. The van der Waals surface area contributed by atoms with Crippen molar-refractivity contribution in [2.45, 2.75) is 19.4 Å². The second-order valence-corrected chi connectivity index (χ2v) is 4.33. The molecular weight excluding hydrogens is 248 g/mol. The molecule has 1 heterocycles. The Bertz CT molecular complexity index is 476. The van der Waals surface area contributed by atoms with Gasteiger partial charge in [-0.15, -0.1) is 0 Å². The lowest BCUT2D eigenvalue weighted by Crippen LogP contribution is -2.37. The van der Waals surface area contributed by atoms with Crippen molar-refractivity contribution in [1.82, 2.24) is 5.32 Å². The Morgan fingerprint density at radius 1 is 1.47 bits per heavy atom. The molecule has 1 aliphatic heterocycles. The molecule has 104 valence electrons. The van der Waals surface area contributed by atoms with E-state index in [1.165, 1.54) is 0 Å².